The molecule has 2 aromatic heterocycles. The van der Waals surface area contributed by atoms with Gasteiger partial charge in [-0.25, -0.2) is 0 Å². The van der Waals surface area contributed by atoms with E-state index in [0.29, 0.717) is 11.6 Å². The molecule has 2 rings (SSSR count). The van der Waals surface area contributed by atoms with Crippen LogP contribution in [0, 0.1) is 0 Å². The van der Waals surface area contributed by atoms with Crippen molar-refractivity contribution in [2.75, 3.05) is 11.5 Å². The molecular formula is C6H8N4. The Labute approximate surface area is 57.2 Å². The van der Waals surface area contributed by atoms with E-state index in [0.717, 1.165) is 11.0 Å². The summed E-state index contributed by atoms with van der Waals surface area (Å²) in [6, 6.07) is 3.62. The predicted molar refractivity (Wildman–Crippen MR) is 41.5 cm³/mol. The second kappa shape index (κ2) is 1.47. The number of hydrogen-bond donors (Lipinski definition) is 4. The van der Waals surface area contributed by atoms with Crippen molar-refractivity contribution in [2.45, 2.75) is 0 Å². The van der Waals surface area contributed by atoms with Crippen LogP contribution in [0.25, 0.3) is 11.0 Å². The van der Waals surface area contributed by atoms with Gasteiger partial charge in [0.1, 0.15) is 11.6 Å². The molecule has 0 radical (unpaired) electrons. The summed E-state index contributed by atoms with van der Waals surface area (Å²) in [6.07, 6.45) is 0. The molecule has 0 aliphatic heterocycles. The van der Waals surface area contributed by atoms with Crippen molar-refractivity contribution in [3.8, 4) is 0 Å². The maximum absolute atomic E-state index is 5.47. The van der Waals surface area contributed by atoms with Gasteiger partial charge in [0.2, 0.25) is 0 Å². The average Bonchev–Trinajstić information content (AvgIpc) is 2.21. The molecule has 0 aliphatic rings. The molecule has 0 amide bonds. The first-order valence-corrected chi connectivity index (χ1v) is 2.98. The lowest BCUT2D eigenvalue weighted by molar-refractivity contribution is 1.46. The van der Waals surface area contributed by atoms with Crippen LogP contribution in [0.4, 0.5) is 11.6 Å². The molecule has 0 aromatic carbocycles. The van der Waals surface area contributed by atoms with Gasteiger partial charge in [0.15, 0.2) is 0 Å². The van der Waals surface area contributed by atoms with Crippen LogP contribution in [0.1, 0.15) is 0 Å². The molecule has 0 saturated heterocycles. The zero-order valence-corrected chi connectivity index (χ0v) is 5.31. The Morgan fingerprint density at radius 1 is 0.900 bits per heavy atom. The van der Waals surface area contributed by atoms with E-state index in [1.807, 2.05) is 12.1 Å². The van der Waals surface area contributed by atoms with Crippen LogP contribution < -0.4 is 11.5 Å². The van der Waals surface area contributed by atoms with Gasteiger partial charge in [-0.1, -0.05) is 0 Å². The van der Waals surface area contributed by atoms with Gasteiger partial charge in [-0.3, -0.25) is 0 Å². The number of anilines is 2. The van der Waals surface area contributed by atoms with Crippen molar-refractivity contribution in [3.05, 3.63) is 12.1 Å². The molecule has 52 valence electrons. The highest BCUT2D eigenvalue weighted by Crippen LogP contribution is 2.17. The number of aromatic amines is 2. The molecule has 10 heavy (non-hydrogen) atoms. The summed E-state index contributed by atoms with van der Waals surface area (Å²) in [5, 5.41) is 0. The Bertz CT molecular complexity index is 294. The van der Waals surface area contributed by atoms with E-state index in [9.17, 15) is 0 Å². The summed E-state index contributed by atoms with van der Waals surface area (Å²) in [7, 11) is 0. The highest BCUT2D eigenvalue weighted by Gasteiger charge is 1.99. The minimum absolute atomic E-state index is 0.654. The lowest BCUT2D eigenvalue weighted by atomic mass is 10.5. The quantitative estimate of drug-likeness (QED) is 0.429. The fourth-order valence-corrected chi connectivity index (χ4v) is 1.06. The van der Waals surface area contributed by atoms with Crippen molar-refractivity contribution in [2.24, 2.45) is 0 Å². The largest absolute Gasteiger partial charge is 0.385 e. The third-order valence-electron chi connectivity index (χ3n) is 1.45. The number of aromatic nitrogens is 2. The SMILES string of the molecule is Nc1cc2[nH]c(N)cc2[nH]1. The molecular weight excluding hydrogens is 128 g/mol. The van der Waals surface area contributed by atoms with Gasteiger partial charge in [0.25, 0.3) is 0 Å². The van der Waals surface area contributed by atoms with Crippen molar-refractivity contribution in [1.29, 1.82) is 0 Å². The molecule has 0 atom stereocenters. The minimum atomic E-state index is 0.654. The highest BCUT2D eigenvalue weighted by molar-refractivity contribution is 5.83. The molecule has 0 bridgehead atoms. The number of nitrogens with one attached hydrogen (secondary N) is 2. The first-order valence-electron chi connectivity index (χ1n) is 2.98. The van der Waals surface area contributed by atoms with Crippen molar-refractivity contribution >= 4 is 22.7 Å². The molecule has 4 nitrogen and oxygen atoms in total. The minimum Gasteiger partial charge on any atom is -0.385 e. The second-order valence-corrected chi connectivity index (χ2v) is 2.28. The van der Waals surface area contributed by atoms with Crippen LogP contribution in [0.3, 0.4) is 0 Å². The van der Waals surface area contributed by atoms with Gasteiger partial charge in [0.05, 0.1) is 11.0 Å². The zero-order valence-electron chi connectivity index (χ0n) is 5.31. The number of H-pyrrole nitrogens is 2. The maximum atomic E-state index is 5.47. The Kier molecular flexibility index (Phi) is 0.768. The summed E-state index contributed by atoms with van der Waals surface area (Å²) in [4.78, 5) is 5.89. The lowest BCUT2D eigenvalue weighted by Crippen LogP contribution is -1.83. The Hall–Kier alpha value is -1.58. The van der Waals surface area contributed by atoms with Gasteiger partial charge < -0.3 is 21.4 Å². The zero-order chi connectivity index (χ0) is 7.14. The third-order valence-corrected chi connectivity index (χ3v) is 1.45. The van der Waals surface area contributed by atoms with Crippen LogP contribution >= 0.6 is 0 Å². The molecule has 0 aliphatic carbocycles. The summed E-state index contributed by atoms with van der Waals surface area (Å²) in [5.74, 6) is 1.31. The summed E-state index contributed by atoms with van der Waals surface area (Å²) < 4.78 is 0. The number of fused-ring (bicyclic) bond motifs is 1. The summed E-state index contributed by atoms with van der Waals surface area (Å²) in [5.41, 5.74) is 12.8. The second-order valence-electron chi connectivity index (χ2n) is 2.28. The van der Waals surface area contributed by atoms with Crippen LogP contribution in [0.15, 0.2) is 12.1 Å². The highest BCUT2D eigenvalue weighted by atomic mass is 14.9. The van der Waals surface area contributed by atoms with Crippen molar-refractivity contribution in [3.63, 3.8) is 0 Å². The van der Waals surface area contributed by atoms with E-state index in [-0.39, 0.29) is 0 Å². The van der Waals surface area contributed by atoms with Gasteiger partial charge in [-0.05, 0) is 0 Å². The van der Waals surface area contributed by atoms with E-state index in [1.54, 1.807) is 0 Å². The number of nitrogen functional groups attached to an aromatic ring is 2. The Balaban J connectivity index is 2.83. The monoisotopic (exact) mass is 136 g/mol. The summed E-state index contributed by atoms with van der Waals surface area (Å²) >= 11 is 0. The lowest BCUT2D eigenvalue weighted by Gasteiger charge is -1.80. The van der Waals surface area contributed by atoms with E-state index < -0.39 is 0 Å². The predicted octanol–water partition coefficient (Wildman–Crippen LogP) is 0.660. The normalized spacial score (nSPS) is 10.8. The fraction of sp³-hybridized carbons (Fsp3) is 0. The van der Waals surface area contributed by atoms with E-state index in [2.05, 4.69) is 9.97 Å². The van der Waals surface area contributed by atoms with Crippen molar-refractivity contribution in [1.82, 2.24) is 9.97 Å². The van der Waals surface area contributed by atoms with Crippen molar-refractivity contribution < 1.29 is 0 Å². The van der Waals surface area contributed by atoms with E-state index in [4.69, 9.17) is 11.5 Å². The van der Waals surface area contributed by atoms with E-state index in [1.165, 1.54) is 0 Å². The van der Waals surface area contributed by atoms with Crippen LogP contribution in [0.5, 0.6) is 0 Å². The van der Waals surface area contributed by atoms with Crippen LogP contribution in [-0.2, 0) is 0 Å². The number of rotatable bonds is 0. The molecule has 2 aromatic rings. The van der Waals surface area contributed by atoms with Gasteiger partial charge in [0, 0.05) is 12.1 Å². The van der Waals surface area contributed by atoms with Gasteiger partial charge in [-0.15, -0.1) is 0 Å². The Morgan fingerprint density at radius 2 is 1.30 bits per heavy atom. The average molecular weight is 136 g/mol. The molecule has 4 heteroatoms. The molecule has 2 heterocycles. The van der Waals surface area contributed by atoms with Crippen LogP contribution in [0.2, 0.25) is 0 Å². The standard InChI is InChI=1S/C6H8N4/c7-5-1-3-4(10-5)2-6(8)9-3/h1-2,9-10H,7-8H2. The Morgan fingerprint density at radius 3 is 1.70 bits per heavy atom. The fourth-order valence-electron chi connectivity index (χ4n) is 1.06. The first kappa shape index (κ1) is 5.22. The van der Waals surface area contributed by atoms with Gasteiger partial charge >= 0.3 is 0 Å². The molecule has 0 fully saturated rings. The molecule has 6 N–H and O–H groups in total. The number of hydrogen-bond acceptors (Lipinski definition) is 2. The smallest absolute Gasteiger partial charge is 0.103 e. The summed E-state index contributed by atoms with van der Waals surface area (Å²) in [6.45, 7) is 0. The maximum Gasteiger partial charge on any atom is 0.103 e. The van der Waals surface area contributed by atoms with E-state index >= 15 is 0 Å². The van der Waals surface area contributed by atoms with Gasteiger partial charge in [-0.2, -0.15) is 0 Å². The first-order chi connectivity index (χ1) is 4.75. The third kappa shape index (κ3) is 0.556. The topological polar surface area (TPSA) is 83.6 Å². The van der Waals surface area contributed by atoms with Crippen LogP contribution in [-0.4, -0.2) is 9.97 Å². The molecule has 0 unspecified atom stereocenters. The number of nitrogens with two attached hydrogens (primary N) is 2. The molecule has 0 spiro atoms. The molecule has 0 saturated carbocycles.